The number of nitrogens with zero attached hydrogens (tertiary/aromatic N) is 3. The van der Waals surface area contributed by atoms with E-state index in [2.05, 4.69) is 30.9 Å². The highest BCUT2D eigenvalue weighted by Gasteiger charge is 2.23. The molecule has 1 aromatic heterocycles. The molecule has 6 nitrogen and oxygen atoms in total. The van der Waals surface area contributed by atoms with Crippen molar-refractivity contribution in [2.45, 2.75) is 20.8 Å². The van der Waals surface area contributed by atoms with E-state index in [1.165, 1.54) is 11.1 Å². The average molecular weight is 440 g/mol. The van der Waals surface area contributed by atoms with Gasteiger partial charge in [0, 0.05) is 31.7 Å². The summed E-state index contributed by atoms with van der Waals surface area (Å²) in [4.78, 5) is 22.5. The number of thiazole rings is 1. The Morgan fingerprint density at radius 1 is 1.16 bits per heavy atom. The van der Waals surface area contributed by atoms with Crippen molar-refractivity contribution in [2.24, 2.45) is 0 Å². The number of rotatable bonds is 7. The molecule has 164 valence electrons. The van der Waals surface area contributed by atoms with Crippen LogP contribution in [0.25, 0.3) is 10.2 Å². The summed E-state index contributed by atoms with van der Waals surface area (Å²) in [7, 11) is 0. The van der Waals surface area contributed by atoms with Gasteiger partial charge in [-0.2, -0.15) is 0 Å². The summed E-state index contributed by atoms with van der Waals surface area (Å²) in [6.45, 7) is 11.4. The molecule has 4 rings (SSSR count). The third-order valence-corrected chi connectivity index (χ3v) is 6.67. The second kappa shape index (κ2) is 9.77. The van der Waals surface area contributed by atoms with Crippen LogP contribution in [0.3, 0.4) is 0 Å². The first-order valence-corrected chi connectivity index (χ1v) is 11.6. The van der Waals surface area contributed by atoms with Gasteiger partial charge < -0.3 is 9.47 Å². The molecule has 1 saturated heterocycles. The summed E-state index contributed by atoms with van der Waals surface area (Å²) in [6.07, 6.45) is 0. The number of amides is 1. The number of aryl methyl sites for hydroxylation is 2. The van der Waals surface area contributed by atoms with E-state index >= 15 is 0 Å². The highest BCUT2D eigenvalue weighted by molar-refractivity contribution is 7.22. The number of benzene rings is 2. The van der Waals surface area contributed by atoms with Gasteiger partial charge >= 0.3 is 0 Å². The van der Waals surface area contributed by atoms with Gasteiger partial charge in [-0.25, -0.2) is 4.98 Å². The van der Waals surface area contributed by atoms with Crippen molar-refractivity contribution < 1.29 is 14.3 Å². The van der Waals surface area contributed by atoms with Crippen molar-refractivity contribution in [2.75, 3.05) is 50.9 Å². The monoisotopic (exact) mass is 439 g/mol. The lowest BCUT2D eigenvalue weighted by atomic mass is 10.1. The minimum atomic E-state index is -0.0381. The molecule has 1 fully saturated rings. The number of hydrogen-bond donors (Lipinski definition) is 0. The fourth-order valence-electron chi connectivity index (χ4n) is 3.65. The maximum absolute atomic E-state index is 13.5. The van der Waals surface area contributed by atoms with Crippen molar-refractivity contribution in [3.05, 3.63) is 53.1 Å². The second-order valence-electron chi connectivity index (χ2n) is 7.77. The maximum atomic E-state index is 13.5. The number of aromatic nitrogens is 1. The van der Waals surface area contributed by atoms with Crippen molar-refractivity contribution >= 4 is 32.6 Å². The van der Waals surface area contributed by atoms with Crippen molar-refractivity contribution in [3.63, 3.8) is 0 Å². The summed E-state index contributed by atoms with van der Waals surface area (Å²) in [6, 6.07) is 11.6. The smallest absolute Gasteiger partial charge is 0.260 e. The summed E-state index contributed by atoms with van der Waals surface area (Å²) in [5.41, 5.74) is 4.03. The van der Waals surface area contributed by atoms with Gasteiger partial charge in [0.15, 0.2) is 5.13 Å². The van der Waals surface area contributed by atoms with Crippen LogP contribution in [0.15, 0.2) is 36.4 Å². The van der Waals surface area contributed by atoms with Gasteiger partial charge in [0.1, 0.15) is 5.75 Å². The molecule has 2 aromatic carbocycles. The number of ether oxygens (including phenoxy) is 2. The average Bonchev–Trinajstić information content (AvgIpc) is 3.17. The Kier molecular flexibility index (Phi) is 6.85. The Balaban J connectivity index is 1.62. The molecule has 1 aliphatic rings. The van der Waals surface area contributed by atoms with E-state index in [0.717, 1.165) is 53.9 Å². The fourth-order valence-corrected chi connectivity index (χ4v) is 4.72. The van der Waals surface area contributed by atoms with Crippen LogP contribution in [0, 0.1) is 13.8 Å². The summed E-state index contributed by atoms with van der Waals surface area (Å²) >= 11 is 1.58. The summed E-state index contributed by atoms with van der Waals surface area (Å²) in [5, 5.41) is 0.743. The first-order chi connectivity index (χ1) is 15.0. The standard InChI is InChI=1S/C24H29N3O3S/c1-4-30-20-7-5-19(6-8-20)23(28)27(10-9-26-11-13-29-14-12-26)24-25-21-15-17(2)18(3)16-22(21)31-24/h5-8,15-16H,4,9-14H2,1-3H3. The number of hydrogen-bond acceptors (Lipinski definition) is 6. The van der Waals surface area contributed by atoms with E-state index < -0.39 is 0 Å². The molecule has 0 N–H and O–H groups in total. The topological polar surface area (TPSA) is 54.9 Å². The number of morpholine rings is 1. The van der Waals surface area contributed by atoms with Crippen LogP contribution < -0.4 is 9.64 Å². The quantitative estimate of drug-likeness (QED) is 0.550. The summed E-state index contributed by atoms with van der Waals surface area (Å²) in [5.74, 6) is 0.730. The van der Waals surface area contributed by atoms with Gasteiger partial charge in [-0.3, -0.25) is 14.6 Å². The highest BCUT2D eigenvalue weighted by atomic mass is 32.1. The number of anilines is 1. The Labute approximate surface area is 187 Å². The van der Waals surface area contributed by atoms with Gasteiger partial charge in [-0.05, 0) is 68.3 Å². The van der Waals surface area contributed by atoms with Crippen molar-refractivity contribution in [1.82, 2.24) is 9.88 Å². The van der Waals surface area contributed by atoms with E-state index in [1.54, 1.807) is 11.3 Å². The van der Waals surface area contributed by atoms with Crippen LogP contribution in [0.4, 0.5) is 5.13 Å². The predicted molar refractivity (Wildman–Crippen MR) is 126 cm³/mol. The van der Waals surface area contributed by atoms with Crippen LogP contribution in [0.2, 0.25) is 0 Å². The third kappa shape index (κ3) is 5.06. The summed E-state index contributed by atoms with van der Waals surface area (Å²) < 4.78 is 12.1. The van der Waals surface area contributed by atoms with Gasteiger partial charge in [0.25, 0.3) is 5.91 Å². The zero-order valence-corrected chi connectivity index (χ0v) is 19.2. The maximum Gasteiger partial charge on any atom is 0.260 e. The van der Waals surface area contributed by atoms with Crippen LogP contribution >= 0.6 is 11.3 Å². The molecule has 3 aromatic rings. The highest BCUT2D eigenvalue weighted by Crippen LogP contribution is 2.31. The predicted octanol–water partition coefficient (Wildman–Crippen LogP) is 4.29. The molecule has 31 heavy (non-hydrogen) atoms. The van der Waals surface area contributed by atoms with Crippen LogP contribution in [-0.2, 0) is 4.74 Å². The Bertz CT molecular complexity index is 1000. The number of carbonyl (C=O) groups excluding carboxylic acids is 1. The Morgan fingerprint density at radius 2 is 1.87 bits per heavy atom. The second-order valence-corrected chi connectivity index (χ2v) is 8.78. The molecule has 1 aliphatic heterocycles. The third-order valence-electron chi connectivity index (χ3n) is 5.62. The largest absolute Gasteiger partial charge is 0.494 e. The zero-order chi connectivity index (χ0) is 21.8. The Hall–Kier alpha value is -2.48. The molecule has 0 bridgehead atoms. The van der Waals surface area contributed by atoms with Crippen molar-refractivity contribution in [3.8, 4) is 5.75 Å². The minimum Gasteiger partial charge on any atom is -0.494 e. The SMILES string of the molecule is CCOc1ccc(C(=O)N(CCN2CCOCC2)c2nc3cc(C)c(C)cc3s2)cc1. The lowest BCUT2D eigenvalue weighted by Crippen LogP contribution is -2.43. The molecule has 0 spiro atoms. The lowest BCUT2D eigenvalue weighted by molar-refractivity contribution is 0.0391. The lowest BCUT2D eigenvalue weighted by Gasteiger charge is -2.29. The molecule has 0 radical (unpaired) electrons. The van der Waals surface area contributed by atoms with Gasteiger partial charge in [0.05, 0.1) is 30.0 Å². The first kappa shape index (κ1) is 21.7. The minimum absolute atomic E-state index is 0.0381. The van der Waals surface area contributed by atoms with Crippen LogP contribution in [-0.4, -0.2) is 61.8 Å². The molecule has 0 unspecified atom stereocenters. The number of carbonyl (C=O) groups is 1. The van der Waals surface area contributed by atoms with E-state index in [0.29, 0.717) is 18.7 Å². The molecule has 0 aliphatic carbocycles. The fraction of sp³-hybridized carbons (Fsp3) is 0.417. The van der Waals surface area contributed by atoms with E-state index in [1.807, 2.05) is 36.1 Å². The molecule has 0 atom stereocenters. The number of fused-ring (bicyclic) bond motifs is 1. The molecule has 0 saturated carbocycles. The van der Waals surface area contributed by atoms with Crippen LogP contribution in [0.1, 0.15) is 28.4 Å². The van der Waals surface area contributed by atoms with E-state index in [4.69, 9.17) is 14.5 Å². The van der Waals surface area contributed by atoms with Gasteiger partial charge in [-0.15, -0.1) is 0 Å². The van der Waals surface area contributed by atoms with E-state index in [9.17, 15) is 4.79 Å². The first-order valence-electron chi connectivity index (χ1n) is 10.8. The zero-order valence-electron chi connectivity index (χ0n) is 18.4. The normalized spacial score (nSPS) is 14.7. The van der Waals surface area contributed by atoms with Gasteiger partial charge in [0.2, 0.25) is 0 Å². The molecule has 7 heteroatoms. The molecule has 1 amide bonds. The molecular formula is C24H29N3O3S. The van der Waals surface area contributed by atoms with Gasteiger partial charge in [-0.1, -0.05) is 11.3 Å². The molecule has 2 heterocycles. The Morgan fingerprint density at radius 3 is 2.58 bits per heavy atom. The van der Waals surface area contributed by atoms with Crippen LogP contribution in [0.5, 0.6) is 5.75 Å². The van der Waals surface area contributed by atoms with E-state index in [-0.39, 0.29) is 5.91 Å². The van der Waals surface area contributed by atoms with Crippen molar-refractivity contribution in [1.29, 1.82) is 0 Å². The molecular weight excluding hydrogens is 410 g/mol.